The average Bonchev–Trinajstić information content (AvgIpc) is 2.29. The van der Waals surface area contributed by atoms with Crippen molar-refractivity contribution in [3.8, 4) is 0 Å². The van der Waals surface area contributed by atoms with E-state index in [1.165, 1.54) is 6.07 Å². The number of Topliss-reactive ketones (excluding diaryl/α,β-unsaturated/α-hetero) is 1. The van der Waals surface area contributed by atoms with Gasteiger partial charge in [0.05, 0.1) is 0 Å². The van der Waals surface area contributed by atoms with Crippen LogP contribution in [0.5, 0.6) is 0 Å². The van der Waals surface area contributed by atoms with Crippen LogP contribution in [0.4, 0.5) is 4.39 Å². The van der Waals surface area contributed by atoms with Gasteiger partial charge in [0.25, 0.3) is 0 Å². The highest BCUT2D eigenvalue weighted by Gasteiger charge is 2.22. The highest BCUT2D eigenvalue weighted by molar-refractivity contribution is 5.78. The van der Waals surface area contributed by atoms with E-state index in [9.17, 15) is 9.18 Å². The number of rotatable bonds is 3. The van der Waals surface area contributed by atoms with Crippen LogP contribution in [0.1, 0.15) is 25.3 Å². The average molecular weight is 235 g/mol. The van der Waals surface area contributed by atoms with Gasteiger partial charge in [-0.15, -0.1) is 0 Å². The summed E-state index contributed by atoms with van der Waals surface area (Å²) in [6.45, 7) is 4.21. The van der Waals surface area contributed by atoms with Gasteiger partial charge in [0, 0.05) is 19.0 Å². The molecule has 2 rings (SSSR count). The first-order valence-electron chi connectivity index (χ1n) is 6.12. The molecule has 0 radical (unpaired) electrons. The van der Waals surface area contributed by atoms with Crippen LogP contribution in [0.15, 0.2) is 24.3 Å². The molecule has 92 valence electrons. The Balaban J connectivity index is 1.97. The zero-order valence-corrected chi connectivity index (χ0v) is 10.2. The predicted octanol–water partition coefficient (Wildman–Crippen LogP) is 2.63. The second kappa shape index (κ2) is 5.41. The molecule has 0 bridgehead atoms. The second-order valence-electron chi connectivity index (χ2n) is 4.81. The van der Waals surface area contributed by atoms with Crippen LogP contribution in [0.2, 0.25) is 0 Å². The molecule has 3 heteroatoms. The standard InChI is InChI=1S/C14H18FNO/c1-11(17)13-5-3-7-16(10-13)9-12-4-2-6-14(15)8-12/h2,4,6,8,13H,3,5,7,9-10H2,1H3. The zero-order valence-electron chi connectivity index (χ0n) is 10.2. The van der Waals surface area contributed by atoms with Gasteiger partial charge in [-0.2, -0.15) is 0 Å². The van der Waals surface area contributed by atoms with Crippen molar-refractivity contribution in [2.45, 2.75) is 26.3 Å². The summed E-state index contributed by atoms with van der Waals surface area (Å²) in [7, 11) is 0. The molecule has 1 saturated heterocycles. The Morgan fingerprint density at radius 1 is 1.53 bits per heavy atom. The van der Waals surface area contributed by atoms with Crippen LogP contribution >= 0.6 is 0 Å². The van der Waals surface area contributed by atoms with E-state index in [0.717, 1.165) is 38.0 Å². The van der Waals surface area contributed by atoms with Crippen molar-refractivity contribution in [3.05, 3.63) is 35.6 Å². The van der Waals surface area contributed by atoms with Crippen molar-refractivity contribution in [2.75, 3.05) is 13.1 Å². The maximum Gasteiger partial charge on any atom is 0.134 e. The van der Waals surface area contributed by atoms with Gasteiger partial charge in [0.15, 0.2) is 0 Å². The predicted molar refractivity (Wildman–Crippen MR) is 65.1 cm³/mol. The summed E-state index contributed by atoms with van der Waals surface area (Å²) in [6.07, 6.45) is 2.05. The van der Waals surface area contributed by atoms with Gasteiger partial charge in [-0.3, -0.25) is 9.69 Å². The number of likely N-dealkylation sites (tertiary alicyclic amines) is 1. The molecule has 0 amide bonds. The first-order valence-corrected chi connectivity index (χ1v) is 6.12. The molecule has 0 aromatic heterocycles. The van der Waals surface area contributed by atoms with Gasteiger partial charge in [-0.25, -0.2) is 4.39 Å². The molecule has 0 saturated carbocycles. The molecule has 1 aliphatic rings. The minimum Gasteiger partial charge on any atom is -0.300 e. The van der Waals surface area contributed by atoms with E-state index in [1.54, 1.807) is 19.1 Å². The molecule has 0 N–H and O–H groups in total. The smallest absolute Gasteiger partial charge is 0.134 e. The Labute approximate surface area is 101 Å². The van der Waals surface area contributed by atoms with Gasteiger partial charge >= 0.3 is 0 Å². The van der Waals surface area contributed by atoms with Crippen LogP contribution in [0.25, 0.3) is 0 Å². The Morgan fingerprint density at radius 3 is 3.06 bits per heavy atom. The van der Waals surface area contributed by atoms with E-state index >= 15 is 0 Å². The fourth-order valence-corrected chi connectivity index (χ4v) is 2.42. The molecule has 1 aromatic carbocycles. The Bertz CT molecular complexity index is 405. The maximum absolute atomic E-state index is 13.1. The molecular formula is C14H18FNO. The quantitative estimate of drug-likeness (QED) is 0.802. The van der Waals surface area contributed by atoms with Crippen molar-refractivity contribution in [1.82, 2.24) is 4.90 Å². The molecule has 2 nitrogen and oxygen atoms in total. The molecule has 17 heavy (non-hydrogen) atoms. The van der Waals surface area contributed by atoms with Crippen LogP contribution in [-0.4, -0.2) is 23.8 Å². The second-order valence-corrected chi connectivity index (χ2v) is 4.81. The molecule has 1 heterocycles. The van der Waals surface area contributed by atoms with Gasteiger partial charge in [0.1, 0.15) is 11.6 Å². The van der Waals surface area contributed by atoms with E-state index in [-0.39, 0.29) is 17.5 Å². The molecule has 1 unspecified atom stereocenters. The summed E-state index contributed by atoms with van der Waals surface area (Å²) in [5.41, 5.74) is 0.981. The van der Waals surface area contributed by atoms with Gasteiger partial charge in [-0.1, -0.05) is 12.1 Å². The van der Waals surface area contributed by atoms with Crippen molar-refractivity contribution < 1.29 is 9.18 Å². The zero-order chi connectivity index (χ0) is 12.3. The van der Waals surface area contributed by atoms with E-state index in [0.29, 0.717) is 0 Å². The first-order chi connectivity index (χ1) is 8.15. The SMILES string of the molecule is CC(=O)C1CCCN(Cc2cccc(F)c2)C1. The van der Waals surface area contributed by atoms with Crippen molar-refractivity contribution >= 4 is 5.78 Å². The van der Waals surface area contributed by atoms with Crippen LogP contribution in [-0.2, 0) is 11.3 Å². The summed E-state index contributed by atoms with van der Waals surface area (Å²) >= 11 is 0. The summed E-state index contributed by atoms with van der Waals surface area (Å²) < 4.78 is 13.1. The molecule has 0 aliphatic carbocycles. The summed E-state index contributed by atoms with van der Waals surface area (Å²) in [6, 6.07) is 6.69. The fraction of sp³-hybridized carbons (Fsp3) is 0.500. The molecule has 1 fully saturated rings. The monoisotopic (exact) mass is 235 g/mol. The fourth-order valence-electron chi connectivity index (χ4n) is 2.42. The minimum absolute atomic E-state index is 0.164. The van der Waals surface area contributed by atoms with Gasteiger partial charge in [0.2, 0.25) is 0 Å². The van der Waals surface area contributed by atoms with Crippen LogP contribution in [0, 0.1) is 11.7 Å². The minimum atomic E-state index is -0.192. The Hall–Kier alpha value is -1.22. The van der Waals surface area contributed by atoms with E-state index < -0.39 is 0 Å². The lowest BCUT2D eigenvalue weighted by Crippen LogP contribution is -2.37. The molecule has 0 spiro atoms. The molecular weight excluding hydrogens is 217 g/mol. The number of carbonyl (C=O) groups is 1. The largest absolute Gasteiger partial charge is 0.300 e. The molecule has 1 atom stereocenters. The highest BCUT2D eigenvalue weighted by atomic mass is 19.1. The number of halogens is 1. The van der Waals surface area contributed by atoms with Gasteiger partial charge in [-0.05, 0) is 44.0 Å². The van der Waals surface area contributed by atoms with Crippen LogP contribution in [0.3, 0.4) is 0 Å². The number of ketones is 1. The lowest BCUT2D eigenvalue weighted by molar-refractivity contribution is -0.122. The van der Waals surface area contributed by atoms with E-state index in [4.69, 9.17) is 0 Å². The number of benzene rings is 1. The van der Waals surface area contributed by atoms with Crippen molar-refractivity contribution in [2.24, 2.45) is 5.92 Å². The third-order valence-corrected chi connectivity index (χ3v) is 3.38. The van der Waals surface area contributed by atoms with Gasteiger partial charge < -0.3 is 0 Å². The normalized spacial score (nSPS) is 21.4. The number of hydrogen-bond donors (Lipinski definition) is 0. The summed E-state index contributed by atoms with van der Waals surface area (Å²) in [5, 5.41) is 0. The summed E-state index contributed by atoms with van der Waals surface area (Å²) in [4.78, 5) is 13.6. The Morgan fingerprint density at radius 2 is 2.35 bits per heavy atom. The topological polar surface area (TPSA) is 20.3 Å². The summed E-state index contributed by atoms with van der Waals surface area (Å²) in [5.74, 6) is 0.244. The number of nitrogens with zero attached hydrogens (tertiary/aromatic N) is 1. The maximum atomic E-state index is 13.1. The Kier molecular flexibility index (Phi) is 3.89. The lowest BCUT2D eigenvalue weighted by Gasteiger charge is -2.31. The molecule has 1 aliphatic heterocycles. The van der Waals surface area contributed by atoms with Crippen molar-refractivity contribution in [3.63, 3.8) is 0 Å². The van der Waals surface area contributed by atoms with Crippen molar-refractivity contribution in [1.29, 1.82) is 0 Å². The third-order valence-electron chi connectivity index (χ3n) is 3.38. The number of hydrogen-bond acceptors (Lipinski definition) is 2. The first kappa shape index (κ1) is 12.2. The lowest BCUT2D eigenvalue weighted by atomic mass is 9.94. The number of piperidine rings is 1. The number of carbonyl (C=O) groups excluding carboxylic acids is 1. The van der Waals surface area contributed by atoms with E-state index in [1.807, 2.05) is 6.07 Å². The third kappa shape index (κ3) is 3.37. The van der Waals surface area contributed by atoms with E-state index in [2.05, 4.69) is 4.90 Å². The van der Waals surface area contributed by atoms with Crippen LogP contribution < -0.4 is 0 Å². The molecule has 1 aromatic rings. The highest BCUT2D eigenvalue weighted by Crippen LogP contribution is 2.19.